The van der Waals surface area contributed by atoms with Gasteiger partial charge in [-0.3, -0.25) is 4.90 Å². The normalized spacial score (nSPS) is 26.0. The molecule has 0 heterocycles. The van der Waals surface area contributed by atoms with Crippen molar-refractivity contribution in [2.24, 2.45) is 11.7 Å². The van der Waals surface area contributed by atoms with Crippen molar-refractivity contribution in [3.63, 3.8) is 0 Å². The van der Waals surface area contributed by atoms with Crippen molar-refractivity contribution in [2.75, 3.05) is 13.6 Å². The first-order valence-corrected chi connectivity index (χ1v) is 7.18. The second-order valence-corrected chi connectivity index (χ2v) is 6.15. The van der Waals surface area contributed by atoms with Crippen LogP contribution in [-0.4, -0.2) is 35.7 Å². The van der Waals surface area contributed by atoms with Crippen LogP contribution in [0.5, 0.6) is 0 Å². The molecule has 3 heteroatoms. The number of aliphatic hydroxyl groups excluding tert-OH is 1. The van der Waals surface area contributed by atoms with E-state index in [1.807, 2.05) is 0 Å². The third-order valence-corrected chi connectivity index (χ3v) is 4.11. The van der Waals surface area contributed by atoms with Crippen LogP contribution < -0.4 is 5.73 Å². The lowest BCUT2D eigenvalue weighted by Gasteiger charge is -2.39. The lowest BCUT2D eigenvalue weighted by atomic mass is 9.81. The van der Waals surface area contributed by atoms with Gasteiger partial charge >= 0.3 is 0 Å². The van der Waals surface area contributed by atoms with E-state index in [2.05, 4.69) is 50.1 Å². The zero-order valence-electron chi connectivity index (χ0n) is 12.2. The number of likely N-dealkylation sites (N-methyl/N-ethyl adjacent to an activating group) is 1. The Morgan fingerprint density at radius 3 is 2.63 bits per heavy atom. The van der Waals surface area contributed by atoms with E-state index in [0.29, 0.717) is 5.92 Å². The molecule has 2 unspecified atom stereocenters. The Kier molecular flexibility index (Phi) is 4.61. The highest BCUT2D eigenvalue weighted by atomic mass is 16.3. The Morgan fingerprint density at radius 2 is 2.11 bits per heavy atom. The minimum absolute atomic E-state index is 0.0777. The number of benzene rings is 1. The molecule has 0 radical (unpaired) electrons. The van der Waals surface area contributed by atoms with Gasteiger partial charge in [0.1, 0.15) is 0 Å². The molecule has 0 amide bonds. The van der Waals surface area contributed by atoms with Crippen LogP contribution in [0.1, 0.15) is 36.9 Å². The SMILES string of the molecule is Cc1cccc(C(C(C)N)N(C)CC2CC(O)C2)c1. The van der Waals surface area contributed by atoms with Gasteiger partial charge < -0.3 is 10.8 Å². The topological polar surface area (TPSA) is 49.5 Å². The molecule has 0 aromatic heterocycles. The van der Waals surface area contributed by atoms with Crippen molar-refractivity contribution < 1.29 is 5.11 Å². The largest absolute Gasteiger partial charge is 0.393 e. The number of nitrogens with two attached hydrogens (primary N) is 1. The molecule has 1 aliphatic carbocycles. The quantitative estimate of drug-likeness (QED) is 0.854. The van der Waals surface area contributed by atoms with Gasteiger partial charge in [0.15, 0.2) is 0 Å². The van der Waals surface area contributed by atoms with Gasteiger partial charge in [-0.1, -0.05) is 29.8 Å². The first-order valence-electron chi connectivity index (χ1n) is 7.18. The number of hydrogen-bond acceptors (Lipinski definition) is 3. The third-order valence-electron chi connectivity index (χ3n) is 4.11. The maximum absolute atomic E-state index is 9.39. The van der Waals surface area contributed by atoms with E-state index < -0.39 is 0 Å². The second-order valence-electron chi connectivity index (χ2n) is 6.15. The van der Waals surface area contributed by atoms with E-state index >= 15 is 0 Å². The van der Waals surface area contributed by atoms with Crippen molar-refractivity contribution in [1.29, 1.82) is 0 Å². The standard InChI is InChI=1S/C16H26N2O/c1-11-5-4-6-14(7-11)16(12(2)17)18(3)10-13-8-15(19)9-13/h4-7,12-13,15-16,19H,8-10,17H2,1-3H3. The van der Waals surface area contributed by atoms with Gasteiger partial charge in [-0.05, 0) is 45.2 Å². The summed E-state index contributed by atoms with van der Waals surface area (Å²) in [7, 11) is 2.14. The summed E-state index contributed by atoms with van der Waals surface area (Å²) in [6.45, 7) is 5.19. The van der Waals surface area contributed by atoms with Crippen LogP contribution in [0.4, 0.5) is 0 Å². The summed E-state index contributed by atoms with van der Waals surface area (Å²) in [4.78, 5) is 2.34. The fraction of sp³-hybridized carbons (Fsp3) is 0.625. The molecular formula is C16H26N2O. The van der Waals surface area contributed by atoms with Crippen molar-refractivity contribution in [3.8, 4) is 0 Å². The Bertz CT molecular complexity index is 413. The molecule has 1 aromatic carbocycles. The fourth-order valence-electron chi connectivity index (χ4n) is 3.18. The maximum Gasteiger partial charge on any atom is 0.0546 e. The van der Waals surface area contributed by atoms with Crippen LogP contribution in [0.3, 0.4) is 0 Å². The molecule has 106 valence electrons. The molecule has 2 atom stereocenters. The van der Waals surface area contributed by atoms with E-state index in [1.54, 1.807) is 0 Å². The predicted molar refractivity (Wildman–Crippen MR) is 78.9 cm³/mol. The van der Waals surface area contributed by atoms with Crippen LogP contribution in [0.25, 0.3) is 0 Å². The summed E-state index contributed by atoms with van der Waals surface area (Å²) in [5.74, 6) is 0.617. The van der Waals surface area contributed by atoms with Gasteiger partial charge in [-0.2, -0.15) is 0 Å². The van der Waals surface area contributed by atoms with Gasteiger partial charge in [0.05, 0.1) is 6.10 Å². The maximum atomic E-state index is 9.39. The van der Waals surface area contributed by atoms with E-state index in [-0.39, 0.29) is 18.2 Å². The minimum Gasteiger partial charge on any atom is -0.393 e. The fourth-order valence-corrected chi connectivity index (χ4v) is 3.18. The van der Waals surface area contributed by atoms with E-state index in [4.69, 9.17) is 5.73 Å². The Morgan fingerprint density at radius 1 is 1.42 bits per heavy atom. The first kappa shape index (κ1) is 14.5. The Balaban J connectivity index is 2.06. The Labute approximate surface area is 116 Å². The second kappa shape index (κ2) is 6.04. The number of nitrogens with zero attached hydrogens (tertiary/aromatic N) is 1. The molecule has 1 fully saturated rings. The lowest BCUT2D eigenvalue weighted by molar-refractivity contribution is 0.0203. The number of hydrogen-bond donors (Lipinski definition) is 2. The van der Waals surface area contributed by atoms with Crippen molar-refractivity contribution in [3.05, 3.63) is 35.4 Å². The van der Waals surface area contributed by atoms with E-state index in [1.165, 1.54) is 11.1 Å². The molecule has 0 spiro atoms. The van der Waals surface area contributed by atoms with Crippen LogP contribution in [0.15, 0.2) is 24.3 Å². The summed E-state index contributed by atoms with van der Waals surface area (Å²) in [6.07, 6.45) is 1.79. The number of rotatable bonds is 5. The van der Waals surface area contributed by atoms with E-state index in [0.717, 1.165) is 19.4 Å². The average molecular weight is 262 g/mol. The van der Waals surface area contributed by atoms with Gasteiger partial charge in [-0.15, -0.1) is 0 Å². The highest BCUT2D eigenvalue weighted by molar-refractivity contribution is 5.26. The number of aryl methyl sites for hydroxylation is 1. The van der Waals surface area contributed by atoms with Crippen LogP contribution in [0.2, 0.25) is 0 Å². The van der Waals surface area contributed by atoms with Crippen LogP contribution in [-0.2, 0) is 0 Å². The summed E-state index contributed by atoms with van der Waals surface area (Å²) in [5.41, 5.74) is 8.75. The molecule has 19 heavy (non-hydrogen) atoms. The monoisotopic (exact) mass is 262 g/mol. The molecule has 3 nitrogen and oxygen atoms in total. The zero-order chi connectivity index (χ0) is 14.0. The zero-order valence-corrected chi connectivity index (χ0v) is 12.2. The minimum atomic E-state index is -0.0777. The summed E-state index contributed by atoms with van der Waals surface area (Å²) in [6, 6.07) is 8.94. The average Bonchev–Trinajstić information content (AvgIpc) is 2.26. The van der Waals surface area contributed by atoms with Gasteiger partial charge in [0.25, 0.3) is 0 Å². The van der Waals surface area contributed by atoms with Crippen LogP contribution in [0, 0.1) is 12.8 Å². The predicted octanol–water partition coefficient (Wildman–Crippen LogP) is 2.09. The highest BCUT2D eigenvalue weighted by Crippen LogP contribution is 2.31. The van der Waals surface area contributed by atoms with Gasteiger partial charge in [0.2, 0.25) is 0 Å². The van der Waals surface area contributed by atoms with Gasteiger partial charge in [-0.25, -0.2) is 0 Å². The molecule has 3 N–H and O–H groups in total. The van der Waals surface area contributed by atoms with E-state index in [9.17, 15) is 5.11 Å². The lowest BCUT2D eigenvalue weighted by Crippen LogP contribution is -2.43. The molecule has 0 aliphatic heterocycles. The van der Waals surface area contributed by atoms with Crippen molar-refractivity contribution in [1.82, 2.24) is 4.90 Å². The first-order chi connectivity index (χ1) is 8.97. The van der Waals surface area contributed by atoms with Crippen molar-refractivity contribution in [2.45, 2.75) is 44.9 Å². The molecule has 1 aromatic rings. The molecule has 2 rings (SSSR count). The molecule has 0 saturated heterocycles. The molecule has 1 saturated carbocycles. The molecule has 0 bridgehead atoms. The number of aliphatic hydroxyl groups is 1. The summed E-state index contributed by atoms with van der Waals surface area (Å²) >= 11 is 0. The Hall–Kier alpha value is -0.900. The van der Waals surface area contributed by atoms with Gasteiger partial charge in [0, 0.05) is 18.6 Å². The van der Waals surface area contributed by atoms with Crippen LogP contribution >= 0.6 is 0 Å². The smallest absolute Gasteiger partial charge is 0.0546 e. The molecule has 1 aliphatic rings. The highest BCUT2D eigenvalue weighted by Gasteiger charge is 2.31. The summed E-state index contributed by atoms with van der Waals surface area (Å²) in [5, 5.41) is 9.39. The molecular weight excluding hydrogens is 236 g/mol. The van der Waals surface area contributed by atoms with Crippen molar-refractivity contribution >= 4 is 0 Å². The third kappa shape index (κ3) is 3.56. The summed E-state index contributed by atoms with van der Waals surface area (Å²) < 4.78 is 0.